The van der Waals surface area contributed by atoms with Gasteiger partial charge >= 0.3 is 0 Å². The fourth-order valence-electron chi connectivity index (χ4n) is 1.91. The minimum atomic E-state index is -0.650. The lowest BCUT2D eigenvalue weighted by atomic mass is 9.99. The zero-order chi connectivity index (χ0) is 13.1. The summed E-state index contributed by atoms with van der Waals surface area (Å²) in [6, 6.07) is 11.6. The van der Waals surface area contributed by atoms with Crippen LogP contribution in [-0.2, 0) is 6.42 Å². The summed E-state index contributed by atoms with van der Waals surface area (Å²) in [5.41, 5.74) is 2.20. The Balaban J connectivity index is 2.29. The highest BCUT2D eigenvalue weighted by atomic mass is 127. The molecule has 0 radical (unpaired) electrons. The van der Waals surface area contributed by atoms with Gasteiger partial charge in [0, 0.05) is 12.0 Å². The molecular weight excluding hydrogens is 341 g/mol. The first-order valence-corrected chi connectivity index (χ1v) is 6.77. The van der Waals surface area contributed by atoms with Crippen molar-refractivity contribution in [2.45, 2.75) is 19.4 Å². The maximum absolute atomic E-state index is 11.6. The van der Waals surface area contributed by atoms with Crippen LogP contribution in [0.1, 0.15) is 22.8 Å². The van der Waals surface area contributed by atoms with E-state index >= 15 is 0 Å². The molecule has 3 nitrogen and oxygen atoms in total. The van der Waals surface area contributed by atoms with E-state index in [0.29, 0.717) is 17.5 Å². The normalized spacial score (nSPS) is 12.4. The molecule has 1 heterocycles. The fourth-order valence-corrected chi connectivity index (χ4v) is 2.49. The van der Waals surface area contributed by atoms with Crippen molar-refractivity contribution in [2.24, 2.45) is 0 Å². The van der Waals surface area contributed by atoms with Crippen molar-refractivity contribution in [3.8, 4) is 0 Å². The van der Waals surface area contributed by atoms with Crippen molar-refractivity contribution in [1.29, 1.82) is 0 Å². The van der Waals surface area contributed by atoms with Crippen molar-refractivity contribution in [1.82, 2.24) is 4.98 Å². The molecule has 1 aromatic heterocycles. The van der Waals surface area contributed by atoms with Crippen LogP contribution in [0.5, 0.6) is 0 Å². The van der Waals surface area contributed by atoms with E-state index in [2.05, 4.69) is 4.98 Å². The Morgan fingerprint density at radius 3 is 2.67 bits per heavy atom. The molecule has 18 heavy (non-hydrogen) atoms. The molecule has 0 bridgehead atoms. The summed E-state index contributed by atoms with van der Waals surface area (Å²) in [5, 5.41) is 10.2. The third-order valence-corrected chi connectivity index (χ3v) is 3.50. The van der Waals surface area contributed by atoms with Crippen LogP contribution in [0, 0.1) is 10.6 Å². The number of pyridine rings is 1. The van der Waals surface area contributed by atoms with E-state index in [-0.39, 0.29) is 5.56 Å². The van der Waals surface area contributed by atoms with E-state index in [0.717, 1.165) is 9.26 Å². The topological polar surface area (TPSA) is 53.1 Å². The lowest BCUT2D eigenvalue weighted by Gasteiger charge is -2.13. The van der Waals surface area contributed by atoms with Crippen LogP contribution in [-0.4, -0.2) is 10.1 Å². The molecule has 2 N–H and O–H groups in total. The van der Waals surface area contributed by atoms with Gasteiger partial charge in [0.05, 0.1) is 9.80 Å². The van der Waals surface area contributed by atoms with Gasteiger partial charge in [-0.25, -0.2) is 0 Å². The third kappa shape index (κ3) is 3.00. The quantitative estimate of drug-likeness (QED) is 0.657. The molecule has 0 saturated carbocycles. The lowest BCUT2D eigenvalue weighted by molar-refractivity contribution is 0.177. The molecule has 0 fully saturated rings. The lowest BCUT2D eigenvalue weighted by Crippen LogP contribution is -2.16. The molecule has 1 atom stereocenters. The smallest absolute Gasteiger partial charge is 0.252 e. The van der Waals surface area contributed by atoms with E-state index < -0.39 is 6.10 Å². The molecule has 0 aliphatic heterocycles. The molecular formula is C14H14INO2. The summed E-state index contributed by atoms with van der Waals surface area (Å²) in [6.07, 6.45) is -0.135. The van der Waals surface area contributed by atoms with Gasteiger partial charge in [-0.2, -0.15) is 0 Å². The second-order valence-electron chi connectivity index (χ2n) is 4.23. The molecule has 0 aliphatic rings. The van der Waals surface area contributed by atoms with E-state index in [9.17, 15) is 9.90 Å². The second kappa shape index (κ2) is 5.67. The Labute approximate surface area is 119 Å². The molecule has 0 aliphatic carbocycles. The summed E-state index contributed by atoms with van der Waals surface area (Å²) in [6.45, 7) is 1.73. The van der Waals surface area contributed by atoms with Crippen molar-refractivity contribution in [3.05, 3.63) is 67.1 Å². The zero-order valence-electron chi connectivity index (χ0n) is 9.98. The molecule has 1 unspecified atom stereocenters. The van der Waals surface area contributed by atoms with Gasteiger partial charge in [0.1, 0.15) is 0 Å². The molecule has 0 saturated heterocycles. The summed E-state index contributed by atoms with van der Waals surface area (Å²) in [5.74, 6) is 0. The van der Waals surface area contributed by atoms with Crippen LogP contribution in [0.2, 0.25) is 0 Å². The number of hydrogen-bond acceptors (Lipinski definition) is 2. The number of aliphatic hydroxyl groups excluding tert-OH is 1. The van der Waals surface area contributed by atoms with Gasteiger partial charge in [0.15, 0.2) is 0 Å². The zero-order valence-corrected chi connectivity index (χ0v) is 12.1. The van der Waals surface area contributed by atoms with Crippen LogP contribution in [0.15, 0.2) is 41.2 Å². The van der Waals surface area contributed by atoms with Crippen molar-refractivity contribution in [2.75, 3.05) is 0 Å². The molecule has 1 aromatic carbocycles. The number of aromatic nitrogens is 1. The fraction of sp³-hybridized carbons (Fsp3) is 0.214. The van der Waals surface area contributed by atoms with Crippen LogP contribution in [0.4, 0.5) is 0 Å². The van der Waals surface area contributed by atoms with Crippen molar-refractivity contribution >= 4 is 22.6 Å². The number of hydrogen-bond donors (Lipinski definition) is 2. The highest BCUT2D eigenvalue weighted by molar-refractivity contribution is 14.1. The van der Waals surface area contributed by atoms with Crippen molar-refractivity contribution in [3.63, 3.8) is 0 Å². The number of halogens is 1. The molecule has 2 aromatic rings. The molecule has 2 rings (SSSR count). The van der Waals surface area contributed by atoms with E-state index in [1.807, 2.05) is 59.0 Å². The average molecular weight is 355 g/mol. The first kappa shape index (κ1) is 13.3. The van der Waals surface area contributed by atoms with Gasteiger partial charge in [-0.1, -0.05) is 30.3 Å². The Bertz CT molecular complexity index is 592. The van der Waals surface area contributed by atoms with Crippen LogP contribution >= 0.6 is 22.6 Å². The maximum Gasteiger partial charge on any atom is 0.252 e. The summed E-state index contributed by atoms with van der Waals surface area (Å²) < 4.78 is 0.741. The number of aliphatic hydroxyl groups is 1. The minimum Gasteiger partial charge on any atom is -0.388 e. The van der Waals surface area contributed by atoms with E-state index in [4.69, 9.17) is 0 Å². The summed E-state index contributed by atoms with van der Waals surface area (Å²) in [7, 11) is 0. The van der Waals surface area contributed by atoms with Gasteiger partial charge < -0.3 is 10.1 Å². The Kier molecular flexibility index (Phi) is 4.19. The molecule has 0 amide bonds. The Morgan fingerprint density at radius 1 is 1.33 bits per heavy atom. The highest BCUT2D eigenvalue weighted by Crippen LogP contribution is 2.20. The van der Waals surface area contributed by atoms with Gasteiger partial charge in [-0.05, 0) is 46.7 Å². The first-order chi connectivity index (χ1) is 8.58. The maximum atomic E-state index is 11.6. The van der Waals surface area contributed by atoms with Crippen molar-refractivity contribution < 1.29 is 5.11 Å². The van der Waals surface area contributed by atoms with Crippen LogP contribution in [0.3, 0.4) is 0 Å². The third-order valence-electron chi connectivity index (χ3n) is 2.92. The number of rotatable bonds is 3. The van der Waals surface area contributed by atoms with E-state index in [1.54, 1.807) is 6.92 Å². The van der Waals surface area contributed by atoms with E-state index in [1.165, 1.54) is 0 Å². The SMILES string of the molecule is Cc1c(C(O)Cc2ccccc2)cc(I)[nH]c1=O. The monoisotopic (exact) mass is 355 g/mol. The summed E-state index contributed by atoms with van der Waals surface area (Å²) >= 11 is 2.05. The molecule has 4 heteroatoms. The predicted octanol–water partition coefficient (Wildman–Crippen LogP) is 2.56. The van der Waals surface area contributed by atoms with Gasteiger partial charge in [-0.3, -0.25) is 4.79 Å². The molecule has 94 valence electrons. The highest BCUT2D eigenvalue weighted by Gasteiger charge is 2.14. The largest absolute Gasteiger partial charge is 0.388 e. The second-order valence-corrected chi connectivity index (χ2v) is 5.39. The van der Waals surface area contributed by atoms with Crippen LogP contribution in [0.25, 0.3) is 0 Å². The standard InChI is InChI=1S/C14H14INO2/c1-9-11(8-13(15)16-14(9)18)12(17)7-10-5-3-2-4-6-10/h2-6,8,12,17H,7H2,1H3,(H,16,18). The molecule has 0 spiro atoms. The Hall–Kier alpha value is -1.14. The summed E-state index contributed by atoms with van der Waals surface area (Å²) in [4.78, 5) is 14.4. The number of nitrogens with one attached hydrogen (secondary N) is 1. The van der Waals surface area contributed by atoms with Gasteiger partial charge in [0.25, 0.3) is 5.56 Å². The number of H-pyrrole nitrogens is 1. The predicted molar refractivity (Wildman–Crippen MR) is 79.6 cm³/mol. The Morgan fingerprint density at radius 2 is 2.00 bits per heavy atom. The van der Waals surface area contributed by atoms with Gasteiger partial charge in [0.2, 0.25) is 0 Å². The van der Waals surface area contributed by atoms with Gasteiger partial charge in [-0.15, -0.1) is 0 Å². The minimum absolute atomic E-state index is 0.135. The average Bonchev–Trinajstić information content (AvgIpc) is 2.35. The van der Waals surface area contributed by atoms with Crippen LogP contribution < -0.4 is 5.56 Å². The number of aromatic amines is 1. The number of benzene rings is 1. The first-order valence-electron chi connectivity index (χ1n) is 5.69.